The zero-order valence-electron chi connectivity index (χ0n) is 7.80. The van der Waals surface area contributed by atoms with Gasteiger partial charge in [0.2, 0.25) is 0 Å². The summed E-state index contributed by atoms with van der Waals surface area (Å²) in [6.45, 7) is 0. The fourth-order valence-electron chi connectivity index (χ4n) is 2.17. The highest BCUT2D eigenvalue weighted by atomic mass is 28.3. The Labute approximate surface area is 80.4 Å². The van der Waals surface area contributed by atoms with E-state index in [1.165, 1.54) is 36.5 Å². The maximum Gasteiger partial charge on any atom is 0.123 e. The minimum atomic E-state index is -0.672. The quantitative estimate of drug-likeness (QED) is 0.602. The van der Waals surface area contributed by atoms with Gasteiger partial charge in [0.15, 0.2) is 0 Å². The second kappa shape index (κ2) is 4.05. The zero-order chi connectivity index (χ0) is 9.10. The Hall–Kier alpha value is -0.633. The van der Waals surface area contributed by atoms with Crippen molar-refractivity contribution in [2.24, 2.45) is 0 Å². The molecule has 2 heteroatoms. The summed E-state index contributed by atoms with van der Waals surface area (Å²) < 4.78 is 12.7. The molecule has 1 aliphatic rings. The van der Waals surface area contributed by atoms with Gasteiger partial charge in [-0.2, -0.15) is 0 Å². The van der Waals surface area contributed by atoms with Crippen molar-refractivity contribution in [1.29, 1.82) is 0 Å². The molecule has 0 radical (unpaired) electrons. The van der Waals surface area contributed by atoms with Crippen molar-refractivity contribution in [3.63, 3.8) is 0 Å². The summed E-state index contributed by atoms with van der Waals surface area (Å²) in [6, 6.07) is 10.1. The van der Waals surface area contributed by atoms with Crippen molar-refractivity contribution in [2.45, 2.75) is 31.4 Å². The number of hydrogen-bond acceptors (Lipinski definition) is 0. The van der Waals surface area contributed by atoms with Crippen molar-refractivity contribution in [2.75, 3.05) is 0 Å². The summed E-state index contributed by atoms with van der Waals surface area (Å²) in [4.78, 5) is 0. The smallest absolute Gasteiger partial charge is 0.123 e. The van der Waals surface area contributed by atoms with Gasteiger partial charge in [-0.15, -0.1) is 0 Å². The molecule has 1 aromatic carbocycles. The van der Waals surface area contributed by atoms with Crippen LogP contribution in [0.5, 0.6) is 0 Å². The van der Waals surface area contributed by atoms with Gasteiger partial charge < -0.3 is 0 Å². The van der Waals surface area contributed by atoms with Crippen LogP contribution >= 0.6 is 0 Å². The lowest BCUT2D eigenvalue weighted by atomic mass is 10.3. The molecule has 1 heterocycles. The first-order valence-corrected chi connectivity index (χ1v) is 7.33. The fourth-order valence-corrected chi connectivity index (χ4v) is 5.43. The molecular formula is C11H15FSi. The van der Waals surface area contributed by atoms with E-state index < -0.39 is 8.80 Å². The van der Waals surface area contributed by atoms with Crippen LogP contribution in [0.25, 0.3) is 0 Å². The normalized spacial score (nSPS) is 18.8. The Morgan fingerprint density at radius 1 is 0.923 bits per heavy atom. The first-order valence-electron chi connectivity index (χ1n) is 5.12. The molecule has 0 unspecified atom stereocenters. The predicted octanol–water partition coefficient (Wildman–Crippen LogP) is 2.44. The molecule has 0 saturated carbocycles. The van der Waals surface area contributed by atoms with E-state index in [-0.39, 0.29) is 5.82 Å². The highest BCUT2D eigenvalue weighted by Gasteiger charge is 2.16. The molecule has 0 N–H and O–H groups in total. The Kier molecular flexibility index (Phi) is 2.79. The maximum atomic E-state index is 12.7. The largest absolute Gasteiger partial charge is 0.207 e. The summed E-state index contributed by atoms with van der Waals surface area (Å²) in [7, 11) is -0.672. The molecule has 0 atom stereocenters. The van der Waals surface area contributed by atoms with Gasteiger partial charge in [0.05, 0.1) is 8.80 Å². The van der Waals surface area contributed by atoms with Crippen molar-refractivity contribution >= 4 is 14.0 Å². The first kappa shape index (κ1) is 8.94. The van der Waals surface area contributed by atoms with E-state index in [1.54, 1.807) is 12.1 Å². The Balaban J connectivity index is 2.10. The van der Waals surface area contributed by atoms with Crippen LogP contribution in [-0.4, -0.2) is 8.80 Å². The number of rotatable bonds is 1. The zero-order valence-corrected chi connectivity index (χ0v) is 8.95. The molecule has 1 aliphatic heterocycles. The van der Waals surface area contributed by atoms with E-state index in [2.05, 4.69) is 0 Å². The van der Waals surface area contributed by atoms with Gasteiger partial charge in [-0.05, 0) is 12.1 Å². The van der Waals surface area contributed by atoms with Gasteiger partial charge in [-0.25, -0.2) is 4.39 Å². The van der Waals surface area contributed by atoms with Gasteiger partial charge in [0.1, 0.15) is 5.82 Å². The van der Waals surface area contributed by atoms with Gasteiger partial charge >= 0.3 is 0 Å². The summed E-state index contributed by atoms with van der Waals surface area (Å²) in [5, 5.41) is 1.46. The third kappa shape index (κ3) is 2.18. The standard InChI is InChI=1S/C11H15FSi/c12-10-4-6-11(7-5-10)13-8-2-1-3-9-13/h4-7,13H,1-3,8-9H2. The van der Waals surface area contributed by atoms with Crippen LogP contribution in [0.15, 0.2) is 24.3 Å². The van der Waals surface area contributed by atoms with Crippen LogP contribution < -0.4 is 5.19 Å². The number of halogens is 1. The molecule has 0 spiro atoms. The van der Waals surface area contributed by atoms with Gasteiger partial charge in [-0.3, -0.25) is 0 Å². The van der Waals surface area contributed by atoms with Crippen LogP contribution in [0.4, 0.5) is 4.39 Å². The molecule has 2 rings (SSSR count). The van der Waals surface area contributed by atoms with Crippen molar-refractivity contribution in [3.05, 3.63) is 30.1 Å². The number of hydrogen-bond donors (Lipinski definition) is 0. The lowest BCUT2D eigenvalue weighted by Crippen LogP contribution is -2.31. The number of benzene rings is 1. The summed E-state index contributed by atoms with van der Waals surface area (Å²) in [5.41, 5.74) is 0. The summed E-state index contributed by atoms with van der Waals surface area (Å²) in [5.74, 6) is -0.103. The van der Waals surface area contributed by atoms with Crippen LogP contribution in [-0.2, 0) is 0 Å². The molecule has 1 saturated heterocycles. The first-order chi connectivity index (χ1) is 6.36. The third-order valence-corrected chi connectivity index (χ3v) is 6.48. The molecule has 0 amide bonds. The average Bonchev–Trinajstić information content (AvgIpc) is 2.20. The van der Waals surface area contributed by atoms with E-state index in [1.807, 2.05) is 12.1 Å². The van der Waals surface area contributed by atoms with Crippen LogP contribution in [0, 0.1) is 5.82 Å². The van der Waals surface area contributed by atoms with Crippen LogP contribution in [0.1, 0.15) is 19.3 Å². The second-order valence-electron chi connectivity index (χ2n) is 3.89. The minimum Gasteiger partial charge on any atom is -0.207 e. The Bertz CT molecular complexity index is 262. The van der Waals surface area contributed by atoms with E-state index >= 15 is 0 Å². The maximum absolute atomic E-state index is 12.7. The molecule has 1 aromatic rings. The van der Waals surface area contributed by atoms with Gasteiger partial charge in [0.25, 0.3) is 0 Å². The van der Waals surface area contributed by atoms with Gasteiger partial charge in [0, 0.05) is 0 Å². The fraction of sp³-hybridized carbons (Fsp3) is 0.455. The lowest BCUT2D eigenvalue weighted by Gasteiger charge is -2.20. The molecule has 0 aromatic heterocycles. The van der Waals surface area contributed by atoms with Crippen molar-refractivity contribution in [3.8, 4) is 0 Å². The van der Waals surface area contributed by atoms with Gasteiger partial charge in [-0.1, -0.05) is 48.7 Å². The molecule has 0 nitrogen and oxygen atoms in total. The molecule has 70 valence electrons. The minimum absolute atomic E-state index is 0.103. The van der Waals surface area contributed by atoms with Crippen LogP contribution in [0.2, 0.25) is 12.1 Å². The molecule has 0 aliphatic carbocycles. The Morgan fingerprint density at radius 2 is 1.54 bits per heavy atom. The third-order valence-electron chi connectivity index (χ3n) is 2.95. The molecule has 1 fully saturated rings. The predicted molar refractivity (Wildman–Crippen MR) is 56.6 cm³/mol. The second-order valence-corrected chi connectivity index (χ2v) is 7.10. The molecule has 13 heavy (non-hydrogen) atoms. The Morgan fingerprint density at radius 3 is 2.15 bits per heavy atom. The van der Waals surface area contributed by atoms with E-state index in [9.17, 15) is 4.39 Å². The van der Waals surface area contributed by atoms with E-state index in [0.29, 0.717) is 0 Å². The highest BCUT2D eigenvalue weighted by molar-refractivity contribution is 6.73. The average molecular weight is 194 g/mol. The topological polar surface area (TPSA) is 0 Å². The van der Waals surface area contributed by atoms with E-state index in [4.69, 9.17) is 0 Å². The van der Waals surface area contributed by atoms with Crippen molar-refractivity contribution in [1.82, 2.24) is 0 Å². The summed E-state index contributed by atoms with van der Waals surface area (Å²) in [6.07, 6.45) is 4.20. The molecular weight excluding hydrogens is 179 g/mol. The summed E-state index contributed by atoms with van der Waals surface area (Å²) >= 11 is 0. The lowest BCUT2D eigenvalue weighted by molar-refractivity contribution is 0.628. The molecule has 0 bridgehead atoms. The highest BCUT2D eigenvalue weighted by Crippen LogP contribution is 2.18. The van der Waals surface area contributed by atoms with Crippen LogP contribution in [0.3, 0.4) is 0 Å². The SMILES string of the molecule is Fc1ccc([SiH]2CCCCC2)cc1. The van der Waals surface area contributed by atoms with Crippen molar-refractivity contribution < 1.29 is 4.39 Å². The van der Waals surface area contributed by atoms with E-state index in [0.717, 1.165) is 0 Å². The monoisotopic (exact) mass is 194 g/mol.